The second-order valence-corrected chi connectivity index (χ2v) is 9.79. The Balaban J connectivity index is 1.52. The van der Waals surface area contributed by atoms with E-state index < -0.39 is 10.0 Å². The van der Waals surface area contributed by atoms with Gasteiger partial charge in [0.15, 0.2) is 0 Å². The summed E-state index contributed by atoms with van der Waals surface area (Å²) in [5.41, 5.74) is 1.15. The molecule has 1 aliphatic heterocycles. The molecule has 2 aromatic carbocycles. The molecule has 0 radical (unpaired) electrons. The monoisotopic (exact) mass is 491 g/mol. The molecule has 9 nitrogen and oxygen atoms in total. The second-order valence-electron chi connectivity index (χ2n) is 8.03. The van der Waals surface area contributed by atoms with Crippen LogP contribution in [-0.2, 0) is 14.8 Å². The van der Waals surface area contributed by atoms with Gasteiger partial charge in [-0.3, -0.25) is 9.69 Å². The maximum Gasteiger partial charge on any atom is 0.254 e. The normalized spacial score (nSPS) is 14.7. The van der Waals surface area contributed by atoms with Crippen molar-refractivity contribution in [2.75, 3.05) is 66.7 Å². The Bertz CT molecular complexity index is 1050. The van der Waals surface area contributed by atoms with Crippen LogP contribution in [0, 0.1) is 6.92 Å². The van der Waals surface area contributed by atoms with Crippen molar-refractivity contribution in [3.63, 3.8) is 0 Å². The first-order valence-electron chi connectivity index (χ1n) is 11.2. The molecule has 1 heterocycles. The van der Waals surface area contributed by atoms with E-state index in [4.69, 9.17) is 14.2 Å². The van der Waals surface area contributed by atoms with Crippen LogP contribution in [0.25, 0.3) is 0 Å². The van der Waals surface area contributed by atoms with E-state index in [0.717, 1.165) is 36.7 Å². The molecule has 2 aromatic rings. The van der Waals surface area contributed by atoms with E-state index in [9.17, 15) is 13.2 Å². The van der Waals surface area contributed by atoms with Crippen LogP contribution in [-0.4, -0.2) is 90.8 Å². The molecule has 0 aromatic heterocycles. The molecule has 34 heavy (non-hydrogen) atoms. The first-order chi connectivity index (χ1) is 16.3. The first kappa shape index (κ1) is 26.0. The lowest BCUT2D eigenvalue weighted by molar-refractivity contribution is 0.0619. The standard InChI is InChI=1S/C24H33N3O6S/c1-19-4-9-22(34(29,30)25-10-16-31-2)18-23(19)24(28)27-13-11-26(12-14-27)15-17-33-21-7-5-20(32-3)6-8-21/h4-9,18,25H,10-17H2,1-3H3. The number of hydrogen-bond donors (Lipinski definition) is 1. The van der Waals surface area contributed by atoms with Crippen molar-refractivity contribution >= 4 is 15.9 Å². The fourth-order valence-electron chi connectivity index (χ4n) is 3.67. The van der Waals surface area contributed by atoms with E-state index in [1.807, 2.05) is 31.2 Å². The smallest absolute Gasteiger partial charge is 0.254 e. The largest absolute Gasteiger partial charge is 0.497 e. The number of sulfonamides is 1. The van der Waals surface area contributed by atoms with Gasteiger partial charge < -0.3 is 19.1 Å². The third kappa shape index (κ3) is 6.92. The molecule has 1 saturated heterocycles. The minimum absolute atomic E-state index is 0.0758. The molecule has 3 rings (SSSR count). The number of carbonyl (C=O) groups excluding carboxylic acids is 1. The van der Waals surface area contributed by atoms with Gasteiger partial charge in [0.1, 0.15) is 18.1 Å². The quantitative estimate of drug-likeness (QED) is 0.479. The van der Waals surface area contributed by atoms with E-state index >= 15 is 0 Å². The Labute approximate surface area is 201 Å². The van der Waals surface area contributed by atoms with E-state index in [1.165, 1.54) is 19.2 Å². The third-order valence-corrected chi connectivity index (χ3v) is 7.20. The van der Waals surface area contributed by atoms with Crippen LogP contribution >= 0.6 is 0 Å². The highest BCUT2D eigenvalue weighted by molar-refractivity contribution is 7.89. The van der Waals surface area contributed by atoms with E-state index in [0.29, 0.717) is 25.3 Å². The highest BCUT2D eigenvalue weighted by Crippen LogP contribution is 2.19. The Morgan fingerprint density at radius 2 is 1.65 bits per heavy atom. The van der Waals surface area contributed by atoms with Crippen LogP contribution in [0.3, 0.4) is 0 Å². The van der Waals surface area contributed by atoms with Crippen LogP contribution in [0.2, 0.25) is 0 Å². The van der Waals surface area contributed by atoms with Gasteiger partial charge in [-0.15, -0.1) is 0 Å². The van der Waals surface area contributed by atoms with Gasteiger partial charge >= 0.3 is 0 Å². The summed E-state index contributed by atoms with van der Waals surface area (Å²) in [5, 5.41) is 0. The molecular weight excluding hydrogens is 458 g/mol. The average molecular weight is 492 g/mol. The highest BCUT2D eigenvalue weighted by Gasteiger charge is 2.25. The summed E-state index contributed by atoms with van der Waals surface area (Å²) < 4.78 is 43.4. The van der Waals surface area contributed by atoms with Crippen molar-refractivity contribution < 1.29 is 27.4 Å². The zero-order valence-electron chi connectivity index (χ0n) is 20.0. The number of ether oxygens (including phenoxy) is 3. The highest BCUT2D eigenvalue weighted by atomic mass is 32.2. The van der Waals surface area contributed by atoms with Gasteiger partial charge in [-0.1, -0.05) is 6.07 Å². The Kier molecular flexibility index (Phi) is 9.28. The van der Waals surface area contributed by atoms with Crippen LogP contribution in [0.4, 0.5) is 0 Å². The molecule has 1 fully saturated rings. The van der Waals surface area contributed by atoms with Crippen molar-refractivity contribution in [3.05, 3.63) is 53.6 Å². The molecule has 0 atom stereocenters. The van der Waals surface area contributed by atoms with Crippen LogP contribution in [0.1, 0.15) is 15.9 Å². The van der Waals surface area contributed by atoms with Gasteiger partial charge in [-0.05, 0) is 48.9 Å². The Morgan fingerprint density at radius 1 is 0.971 bits per heavy atom. The van der Waals surface area contributed by atoms with Gasteiger partial charge in [0, 0.05) is 51.9 Å². The van der Waals surface area contributed by atoms with Gasteiger partial charge in [0.05, 0.1) is 18.6 Å². The molecule has 10 heteroatoms. The summed E-state index contributed by atoms with van der Waals surface area (Å²) in [5.74, 6) is 1.42. The maximum atomic E-state index is 13.2. The SMILES string of the molecule is COCCNS(=O)(=O)c1ccc(C)c(C(=O)N2CCN(CCOc3ccc(OC)cc3)CC2)c1. The summed E-state index contributed by atoms with van der Waals surface area (Å²) in [7, 11) is -0.580. The lowest BCUT2D eigenvalue weighted by Gasteiger charge is -2.35. The summed E-state index contributed by atoms with van der Waals surface area (Å²) in [6.45, 7) is 6.17. The van der Waals surface area contributed by atoms with E-state index in [-0.39, 0.29) is 24.0 Å². The average Bonchev–Trinajstić information content (AvgIpc) is 2.85. The van der Waals surface area contributed by atoms with E-state index in [1.54, 1.807) is 18.1 Å². The Morgan fingerprint density at radius 3 is 2.29 bits per heavy atom. The van der Waals surface area contributed by atoms with Crippen LogP contribution in [0.15, 0.2) is 47.4 Å². The maximum absolute atomic E-state index is 13.2. The fourth-order valence-corrected chi connectivity index (χ4v) is 4.71. The molecule has 0 spiro atoms. The number of benzene rings is 2. The van der Waals surface area contributed by atoms with Gasteiger partial charge in [-0.25, -0.2) is 13.1 Å². The number of rotatable bonds is 11. The summed E-state index contributed by atoms with van der Waals surface area (Å²) in [6, 6.07) is 12.1. The number of aryl methyl sites for hydroxylation is 1. The number of piperazine rings is 1. The van der Waals surface area contributed by atoms with Crippen LogP contribution in [0.5, 0.6) is 11.5 Å². The number of carbonyl (C=O) groups is 1. The number of nitrogens with one attached hydrogen (secondary N) is 1. The van der Waals surface area contributed by atoms with Crippen molar-refractivity contribution in [2.45, 2.75) is 11.8 Å². The molecule has 1 amide bonds. The minimum Gasteiger partial charge on any atom is -0.497 e. The number of methoxy groups -OCH3 is 2. The second kappa shape index (κ2) is 12.2. The minimum atomic E-state index is -3.71. The summed E-state index contributed by atoms with van der Waals surface area (Å²) in [6.07, 6.45) is 0. The molecule has 0 saturated carbocycles. The molecular formula is C24H33N3O6S. The number of hydrogen-bond acceptors (Lipinski definition) is 7. The van der Waals surface area contributed by atoms with E-state index in [2.05, 4.69) is 9.62 Å². The number of nitrogens with zero attached hydrogens (tertiary/aromatic N) is 2. The number of amides is 1. The zero-order valence-corrected chi connectivity index (χ0v) is 20.8. The van der Waals surface area contributed by atoms with Gasteiger partial charge in [-0.2, -0.15) is 0 Å². The lowest BCUT2D eigenvalue weighted by atomic mass is 10.1. The molecule has 186 valence electrons. The van der Waals surface area contributed by atoms with Crippen molar-refractivity contribution in [1.29, 1.82) is 0 Å². The lowest BCUT2D eigenvalue weighted by Crippen LogP contribution is -2.49. The fraction of sp³-hybridized carbons (Fsp3) is 0.458. The third-order valence-electron chi connectivity index (χ3n) is 5.74. The van der Waals surface area contributed by atoms with Gasteiger partial charge in [0.2, 0.25) is 10.0 Å². The molecule has 0 unspecified atom stereocenters. The van der Waals surface area contributed by atoms with Gasteiger partial charge in [0.25, 0.3) is 5.91 Å². The topological polar surface area (TPSA) is 97.4 Å². The van der Waals surface area contributed by atoms with Crippen molar-refractivity contribution in [1.82, 2.24) is 14.5 Å². The molecule has 0 aliphatic carbocycles. The summed E-state index contributed by atoms with van der Waals surface area (Å²) in [4.78, 5) is 17.3. The van der Waals surface area contributed by atoms with Crippen molar-refractivity contribution in [2.24, 2.45) is 0 Å². The first-order valence-corrected chi connectivity index (χ1v) is 12.7. The predicted octanol–water partition coefficient (Wildman–Crippen LogP) is 1.77. The Hall–Kier alpha value is -2.66. The molecule has 0 bridgehead atoms. The zero-order chi connectivity index (χ0) is 24.6. The summed E-state index contributed by atoms with van der Waals surface area (Å²) >= 11 is 0. The van der Waals surface area contributed by atoms with Crippen molar-refractivity contribution in [3.8, 4) is 11.5 Å². The van der Waals surface area contributed by atoms with Crippen LogP contribution < -0.4 is 14.2 Å². The molecule has 1 aliphatic rings. The molecule has 1 N–H and O–H groups in total. The predicted molar refractivity (Wildman–Crippen MR) is 129 cm³/mol.